The van der Waals surface area contributed by atoms with Gasteiger partial charge in [0, 0.05) is 11.6 Å². The highest BCUT2D eigenvalue weighted by atomic mass is 35.5. The summed E-state index contributed by atoms with van der Waals surface area (Å²) < 4.78 is 10.8. The molecule has 132 valence electrons. The van der Waals surface area contributed by atoms with Gasteiger partial charge in [0.1, 0.15) is 17.1 Å². The van der Waals surface area contributed by atoms with Gasteiger partial charge in [-0.05, 0) is 44.2 Å². The number of methoxy groups -OCH3 is 2. The maximum Gasteiger partial charge on any atom is 0.125 e. The fourth-order valence-corrected chi connectivity index (χ4v) is 2.78. The summed E-state index contributed by atoms with van der Waals surface area (Å²) in [6.45, 7) is 2.04. The van der Waals surface area contributed by atoms with Crippen LogP contribution < -0.4 is 14.8 Å². The van der Waals surface area contributed by atoms with E-state index in [-0.39, 0.29) is 18.4 Å². The lowest BCUT2D eigenvalue weighted by Gasteiger charge is -2.33. The zero-order chi connectivity index (χ0) is 16.9. The molecular formula is C19H26ClNO3. The minimum Gasteiger partial charge on any atom is -0.497 e. The molecule has 0 radical (unpaired) electrons. The normalized spacial score (nSPS) is 14.2. The molecule has 0 aliphatic carbocycles. The molecular weight excluding hydrogens is 326 g/mol. The van der Waals surface area contributed by atoms with Crippen LogP contribution in [-0.2, 0) is 5.60 Å². The summed E-state index contributed by atoms with van der Waals surface area (Å²) in [5.74, 6) is 1.33. The van der Waals surface area contributed by atoms with Gasteiger partial charge >= 0.3 is 0 Å². The maximum absolute atomic E-state index is 11.6. The SMILES string of the molecule is CNC(C)CC(O)(c1ccccc1)c1cc(OC)ccc1OC.Cl. The highest BCUT2D eigenvalue weighted by molar-refractivity contribution is 5.85. The van der Waals surface area contributed by atoms with Crippen LogP contribution >= 0.6 is 12.4 Å². The molecule has 2 aromatic carbocycles. The molecule has 2 unspecified atom stereocenters. The average molecular weight is 352 g/mol. The van der Waals surface area contributed by atoms with Crippen LogP contribution in [0, 0.1) is 0 Å². The summed E-state index contributed by atoms with van der Waals surface area (Å²) in [6, 6.07) is 15.3. The molecule has 0 amide bonds. The first-order valence-electron chi connectivity index (χ1n) is 7.72. The average Bonchev–Trinajstić information content (AvgIpc) is 2.61. The van der Waals surface area contributed by atoms with Crippen LogP contribution in [0.2, 0.25) is 0 Å². The molecule has 0 aliphatic rings. The van der Waals surface area contributed by atoms with Crippen LogP contribution in [0.4, 0.5) is 0 Å². The van der Waals surface area contributed by atoms with Crippen molar-refractivity contribution in [3.8, 4) is 11.5 Å². The van der Waals surface area contributed by atoms with Gasteiger partial charge < -0.3 is 19.9 Å². The molecule has 0 saturated heterocycles. The van der Waals surface area contributed by atoms with E-state index in [1.807, 2.05) is 62.5 Å². The lowest BCUT2D eigenvalue weighted by atomic mass is 9.81. The number of halogens is 1. The lowest BCUT2D eigenvalue weighted by Crippen LogP contribution is -2.36. The van der Waals surface area contributed by atoms with Crippen LogP contribution in [0.3, 0.4) is 0 Å². The first kappa shape index (κ1) is 20.3. The van der Waals surface area contributed by atoms with E-state index in [1.54, 1.807) is 14.2 Å². The Morgan fingerprint density at radius 3 is 2.29 bits per heavy atom. The number of aliphatic hydroxyl groups is 1. The highest BCUT2D eigenvalue weighted by Gasteiger charge is 2.36. The van der Waals surface area contributed by atoms with Gasteiger partial charge in [0.25, 0.3) is 0 Å². The van der Waals surface area contributed by atoms with Crippen molar-refractivity contribution in [3.63, 3.8) is 0 Å². The number of ether oxygens (including phenoxy) is 2. The quantitative estimate of drug-likeness (QED) is 0.803. The van der Waals surface area contributed by atoms with Crippen molar-refractivity contribution in [2.75, 3.05) is 21.3 Å². The van der Waals surface area contributed by atoms with Gasteiger partial charge in [-0.3, -0.25) is 0 Å². The summed E-state index contributed by atoms with van der Waals surface area (Å²) in [6.07, 6.45) is 0.511. The molecule has 5 heteroatoms. The minimum absolute atomic E-state index is 0. The van der Waals surface area contributed by atoms with Crippen molar-refractivity contribution >= 4 is 12.4 Å². The summed E-state index contributed by atoms with van der Waals surface area (Å²) in [5.41, 5.74) is 0.352. The predicted octanol–water partition coefficient (Wildman–Crippen LogP) is 3.36. The van der Waals surface area contributed by atoms with E-state index in [0.717, 1.165) is 5.56 Å². The van der Waals surface area contributed by atoms with Gasteiger partial charge in [0.15, 0.2) is 0 Å². The topological polar surface area (TPSA) is 50.7 Å². The molecule has 4 nitrogen and oxygen atoms in total. The first-order valence-corrected chi connectivity index (χ1v) is 7.72. The Bertz CT molecular complexity index is 636. The second-order valence-corrected chi connectivity index (χ2v) is 5.69. The zero-order valence-corrected chi connectivity index (χ0v) is 15.4. The van der Waals surface area contributed by atoms with Gasteiger partial charge in [0.05, 0.1) is 14.2 Å². The van der Waals surface area contributed by atoms with E-state index in [0.29, 0.717) is 23.5 Å². The van der Waals surface area contributed by atoms with E-state index in [9.17, 15) is 5.11 Å². The number of rotatable bonds is 7. The van der Waals surface area contributed by atoms with Crippen LogP contribution in [0.25, 0.3) is 0 Å². The van der Waals surface area contributed by atoms with Gasteiger partial charge in [-0.2, -0.15) is 0 Å². The standard InChI is InChI=1S/C19H25NO3.ClH/c1-14(20-2)13-19(21,15-8-6-5-7-9-15)17-12-16(22-3)10-11-18(17)23-4;/h5-12,14,20-21H,13H2,1-4H3;1H. The Labute approximate surface area is 150 Å². The molecule has 0 saturated carbocycles. The Kier molecular flexibility index (Phi) is 7.55. The van der Waals surface area contributed by atoms with E-state index < -0.39 is 5.60 Å². The van der Waals surface area contributed by atoms with E-state index >= 15 is 0 Å². The second kappa shape index (κ2) is 8.92. The number of nitrogens with one attached hydrogen (secondary N) is 1. The molecule has 0 spiro atoms. The number of benzene rings is 2. The van der Waals surface area contributed by atoms with E-state index in [1.165, 1.54) is 0 Å². The summed E-state index contributed by atoms with van der Waals surface area (Å²) in [5, 5.41) is 14.8. The molecule has 2 aromatic rings. The summed E-state index contributed by atoms with van der Waals surface area (Å²) in [4.78, 5) is 0. The summed E-state index contributed by atoms with van der Waals surface area (Å²) in [7, 11) is 5.11. The third-order valence-corrected chi connectivity index (χ3v) is 4.20. The van der Waals surface area contributed by atoms with Crippen molar-refractivity contribution in [1.29, 1.82) is 0 Å². The van der Waals surface area contributed by atoms with Gasteiger partial charge in [-0.25, -0.2) is 0 Å². The molecule has 2 atom stereocenters. The molecule has 0 heterocycles. The number of hydrogen-bond acceptors (Lipinski definition) is 4. The molecule has 2 N–H and O–H groups in total. The summed E-state index contributed by atoms with van der Waals surface area (Å²) >= 11 is 0. The molecule has 0 fully saturated rings. The second-order valence-electron chi connectivity index (χ2n) is 5.69. The Morgan fingerprint density at radius 1 is 1.08 bits per heavy atom. The van der Waals surface area contributed by atoms with Crippen molar-refractivity contribution in [3.05, 3.63) is 59.7 Å². The first-order chi connectivity index (χ1) is 11.0. The van der Waals surface area contributed by atoms with Crippen LogP contribution in [0.1, 0.15) is 24.5 Å². The highest BCUT2D eigenvalue weighted by Crippen LogP contribution is 2.40. The van der Waals surface area contributed by atoms with Crippen molar-refractivity contribution in [1.82, 2.24) is 5.32 Å². The van der Waals surface area contributed by atoms with E-state index in [4.69, 9.17) is 9.47 Å². The molecule has 0 bridgehead atoms. The Morgan fingerprint density at radius 2 is 1.75 bits per heavy atom. The van der Waals surface area contributed by atoms with Crippen molar-refractivity contribution < 1.29 is 14.6 Å². The molecule has 24 heavy (non-hydrogen) atoms. The predicted molar refractivity (Wildman–Crippen MR) is 99.4 cm³/mol. The van der Waals surface area contributed by atoms with E-state index in [2.05, 4.69) is 5.32 Å². The zero-order valence-electron chi connectivity index (χ0n) is 14.6. The van der Waals surface area contributed by atoms with Gasteiger partial charge in [0.2, 0.25) is 0 Å². The van der Waals surface area contributed by atoms with Gasteiger partial charge in [-0.15, -0.1) is 12.4 Å². The van der Waals surface area contributed by atoms with Gasteiger partial charge in [-0.1, -0.05) is 30.3 Å². The molecule has 0 aromatic heterocycles. The maximum atomic E-state index is 11.6. The molecule has 2 rings (SSSR count). The minimum atomic E-state index is -1.18. The third-order valence-electron chi connectivity index (χ3n) is 4.20. The monoisotopic (exact) mass is 351 g/mol. The Hall–Kier alpha value is -1.75. The smallest absolute Gasteiger partial charge is 0.125 e. The van der Waals surface area contributed by atoms with Crippen LogP contribution in [0.5, 0.6) is 11.5 Å². The largest absolute Gasteiger partial charge is 0.497 e. The number of hydrogen-bond donors (Lipinski definition) is 2. The van der Waals surface area contributed by atoms with Crippen LogP contribution in [-0.4, -0.2) is 32.4 Å². The van der Waals surface area contributed by atoms with Crippen molar-refractivity contribution in [2.24, 2.45) is 0 Å². The lowest BCUT2D eigenvalue weighted by molar-refractivity contribution is 0.0590. The molecule has 0 aliphatic heterocycles. The van der Waals surface area contributed by atoms with Crippen molar-refractivity contribution in [2.45, 2.75) is 25.0 Å². The van der Waals surface area contributed by atoms with Crippen LogP contribution in [0.15, 0.2) is 48.5 Å². The Balaban J connectivity index is 0.00000288. The fraction of sp³-hybridized carbons (Fsp3) is 0.368. The third kappa shape index (κ3) is 4.20. The fourth-order valence-electron chi connectivity index (χ4n) is 2.78.